The molecule has 122 valence electrons. The summed E-state index contributed by atoms with van der Waals surface area (Å²) in [6.45, 7) is -0.609. The van der Waals surface area contributed by atoms with Crippen LogP contribution in [0.2, 0.25) is 10.0 Å². The maximum Gasteiger partial charge on any atom is 0.215 e. The highest BCUT2D eigenvalue weighted by Gasteiger charge is 2.39. The van der Waals surface area contributed by atoms with E-state index in [0.29, 0.717) is 11.1 Å². The molecule has 0 saturated carbocycles. The second kappa shape index (κ2) is 6.26. The van der Waals surface area contributed by atoms with Gasteiger partial charge in [0.1, 0.15) is 5.76 Å². The van der Waals surface area contributed by atoms with E-state index in [4.69, 9.17) is 23.2 Å². The molecule has 1 aliphatic rings. The normalized spacial score (nSPS) is 14.7. The van der Waals surface area contributed by atoms with Crippen LogP contribution in [0.1, 0.15) is 27.4 Å². The van der Waals surface area contributed by atoms with Gasteiger partial charge in [-0.1, -0.05) is 53.5 Å². The van der Waals surface area contributed by atoms with Crippen molar-refractivity contribution in [2.75, 3.05) is 6.54 Å². The number of carbonyl (C=O) groups is 1. The van der Waals surface area contributed by atoms with Gasteiger partial charge >= 0.3 is 0 Å². The number of hydrogen-bond donors (Lipinski definition) is 1. The number of benzene rings is 2. The highest BCUT2D eigenvalue weighted by Crippen LogP contribution is 2.43. The van der Waals surface area contributed by atoms with E-state index >= 15 is 0 Å². The molecule has 3 rings (SSSR count). The van der Waals surface area contributed by atoms with Crippen LogP contribution in [0.25, 0.3) is 5.76 Å². The number of ketones is 1. The standard InChI is InChI=1S/C17H11Cl2NO4/c18-12-6-3-7-13(19)14(12)11(8-20(23)24)15-16(21)9-4-1-2-5-10(9)17(15)22/h1-7,11,21H,8H2/t11-/m1/s1. The zero-order valence-corrected chi connectivity index (χ0v) is 13.7. The molecule has 0 radical (unpaired) electrons. The summed E-state index contributed by atoms with van der Waals surface area (Å²) in [4.78, 5) is 23.3. The average molecular weight is 364 g/mol. The molecule has 0 unspecified atom stereocenters. The summed E-state index contributed by atoms with van der Waals surface area (Å²) >= 11 is 12.3. The number of rotatable bonds is 4. The zero-order chi connectivity index (χ0) is 17.4. The van der Waals surface area contributed by atoms with Crippen LogP contribution in [0.5, 0.6) is 0 Å². The molecule has 0 fully saturated rings. The Balaban J connectivity index is 2.21. The van der Waals surface area contributed by atoms with Crippen molar-refractivity contribution >= 4 is 34.7 Å². The maximum absolute atomic E-state index is 12.7. The molecule has 1 N–H and O–H groups in total. The van der Waals surface area contributed by atoms with Crippen LogP contribution in [0.4, 0.5) is 0 Å². The molecule has 0 amide bonds. The number of aliphatic hydroxyl groups is 1. The molecule has 1 atom stereocenters. The van der Waals surface area contributed by atoms with Crippen LogP contribution >= 0.6 is 23.2 Å². The van der Waals surface area contributed by atoms with Gasteiger partial charge in [0.15, 0.2) is 5.78 Å². The molecule has 7 heteroatoms. The Hall–Kier alpha value is -2.37. The number of fused-ring (bicyclic) bond motifs is 1. The van der Waals surface area contributed by atoms with E-state index in [1.165, 1.54) is 0 Å². The third kappa shape index (κ3) is 2.66. The third-order valence-corrected chi connectivity index (χ3v) is 4.61. The van der Waals surface area contributed by atoms with Crippen LogP contribution in [0, 0.1) is 10.1 Å². The fraction of sp³-hybridized carbons (Fsp3) is 0.118. The highest BCUT2D eigenvalue weighted by atomic mass is 35.5. The van der Waals surface area contributed by atoms with E-state index in [-0.39, 0.29) is 26.9 Å². The van der Waals surface area contributed by atoms with E-state index in [0.717, 1.165) is 0 Å². The minimum absolute atomic E-state index is 0.0529. The third-order valence-electron chi connectivity index (χ3n) is 3.95. The quantitative estimate of drug-likeness (QED) is 0.639. The van der Waals surface area contributed by atoms with Gasteiger partial charge in [0.05, 0.1) is 11.5 Å². The Kier molecular flexibility index (Phi) is 4.30. The van der Waals surface area contributed by atoms with Crippen molar-refractivity contribution in [3.63, 3.8) is 0 Å². The predicted molar refractivity (Wildman–Crippen MR) is 91.4 cm³/mol. The fourth-order valence-corrected chi connectivity index (χ4v) is 3.59. The SMILES string of the molecule is O=C1C([C@H](C[N+](=O)[O-])c2c(Cl)cccc2Cl)=C(O)c2ccccc21. The highest BCUT2D eigenvalue weighted by molar-refractivity contribution is 6.36. The minimum atomic E-state index is -1.04. The molecule has 0 heterocycles. The Labute approximate surface area is 147 Å². The first kappa shape index (κ1) is 16.5. The summed E-state index contributed by atoms with van der Waals surface area (Å²) in [7, 11) is 0. The number of aliphatic hydroxyl groups excluding tert-OH is 1. The van der Waals surface area contributed by atoms with Crippen molar-refractivity contribution in [2.24, 2.45) is 0 Å². The summed E-state index contributed by atoms with van der Waals surface area (Å²) in [6, 6.07) is 11.2. The number of nitro groups is 1. The molecule has 24 heavy (non-hydrogen) atoms. The molecule has 0 bridgehead atoms. The lowest BCUT2D eigenvalue weighted by atomic mass is 9.88. The second-order valence-electron chi connectivity index (χ2n) is 5.34. The van der Waals surface area contributed by atoms with Crippen LogP contribution in [-0.2, 0) is 0 Å². The number of carbonyl (C=O) groups excluding carboxylic acids is 1. The Morgan fingerprint density at radius 1 is 1.04 bits per heavy atom. The first-order valence-corrected chi connectivity index (χ1v) is 7.80. The smallest absolute Gasteiger partial charge is 0.215 e. The van der Waals surface area contributed by atoms with Crippen molar-refractivity contribution in [3.05, 3.63) is 84.9 Å². The molecule has 2 aromatic rings. The first-order chi connectivity index (χ1) is 11.4. The number of nitrogens with zero attached hydrogens (tertiary/aromatic N) is 1. The van der Waals surface area contributed by atoms with Crippen LogP contribution in [0.15, 0.2) is 48.0 Å². The Morgan fingerprint density at radius 2 is 1.62 bits per heavy atom. The van der Waals surface area contributed by atoms with Crippen molar-refractivity contribution in [3.8, 4) is 0 Å². The topological polar surface area (TPSA) is 80.4 Å². The average Bonchev–Trinajstić information content (AvgIpc) is 2.78. The van der Waals surface area contributed by atoms with Crippen LogP contribution < -0.4 is 0 Å². The van der Waals surface area contributed by atoms with Crippen molar-refractivity contribution < 1.29 is 14.8 Å². The molecular weight excluding hydrogens is 353 g/mol. The van der Waals surface area contributed by atoms with Gasteiger partial charge in [-0.15, -0.1) is 0 Å². The first-order valence-electron chi connectivity index (χ1n) is 7.04. The van der Waals surface area contributed by atoms with Gasteiger partial charge in [-0.3, -0.25) is 14.9 Å². The molecule has 0 aromatic heterocycles. The molecular formula is C17H11Cl2NO4. The lowest BCUT2D eigenvalue weighted by Gasteiger charge is -2.17. The Morgan fingerprint density at radius 3 is 2.17 bits per heavy atom. The van der Waals surface area contributed by atoms with E-state index < -0.39 is 23.2 Å². The number of halogens is 2. The lowest BCUT2D eigenvalue weighted by Crippen LogP contribution is -2.19. The molecule has 0 spiro atoms. The van der Waals surface area contributed by atoms with Crippen molar-refractivity contribution in [2.45, 2.75) is 5.92 Å². The van der Waals surface area contributed by atoms with Crippen LogP contribution in [0.3, 0.4) is 0 Å². The summed E-state index contributed by atoms with van der Waals surface area (Å²) in [6.07, 6.45) is 0. The molecule has 0 aliphatic heterocycles. The number of hydrogen-bond acceptors (Lipinski definition) is 4. The lowest BCUT2D eigenvalue weighted by molar-refractivity contribution is -0.481. The van der Waals surface area contributed by atoms with Gasteiger partial charge in [0.25, 0.3) is 0 Å². The van der Waals surface area contributed by atoms with Gasteiger partial charge in [-0.2, -0.15) is 0 Å². The van der Waals surface area contributed by atoms with Gasteiger partial charge in [-0.05, 0) is 12.1 Å². The fourth-order valence-electron chi connectivity index (χ4n) is 2.93. The summed E-state index contributed by atoms with van der Waals surface area (Å²) in [5.41, 5.74) is 0.874. The zero-order valence-electron chi connectivity index (χ0n) is 12.2. The van der Waals surface area contributed by atoms with Gasteiger partial charge < -0.3 is 5.11 Å². The van der Waals surface area contributed by atoms with E-state index in [1.54, 1.807) is 42.5 Å². The predicted octanol–water partition coefficient (Wildman–Crippen LogP) is 4.52. The van der Waals surface area contributed by atoms with E-state index in [2.05, 4.69) is 0 Å². The van der Waals surface area contributed by atoms with Crippen molar-refractivity contribution in [1.29, 1.82) is 0 Å². The van der Waals surface area contributed by atoms with Gasteiger partial charge in [0.2, 0.25) is 6.54 Å². The van der Waals surface area contributed by atoms with Gasteiger partial charge in [0, 0.05) is 31.7 Å². The summed E-state index contributed by atoms with van der Waals surface area (Å²) in [5, 5.41) is 22.1. The number of Topliss-reactive ketones (excluding diaryl/α,β-unsaturated/α-hetero) is 1. The molecule has 0 saturated heterocycles. The van der Waals surface area contributed by atoms with E-state index in [9.17, 15) is 20.0 Å². The van der Waals surface area contributed by atoms with Crippen molar-refractivity contribution in [1.82, 2.24) is 0 Å². The Bertz CT molecular complexity index is 872. The monoisotopic (exact) mass is 363 g/mol. The van der Waals surface area contributed by atoms with E-state index in [1.807, 2.05) is 0 Å². The second-order valence-corrected chi connectivity index (χ2v) is 6.15. The summed E-state index contributed by atoms with van der Waals surface area (Å²) in [5.74, 6) is -1.76. The maximum atomic E-state index is 12.7. The summed E-state index contributed by atoms with van der Waals surface area (Å²) < 4.78 is 0. The minimum Gasteiger partial charge on any atom is -0.507 e. The molecule has 1 aliphatic carbocycles. The molecule has 2 aromatic carbocycles. The molecule has 5 nitrogen and oxygen atoms in total. The van der Waals surface area contributed by atoms with Crippen LogP contribution in [-0.4, -0.2) is 22.4 Å². The van der Waals surface area contributed by atoms with Gasteiger partial charge in [-0.25, -0.2) is 0 Å². The largest absolute Gasteiger partial charge is 0.507 e.